The number of hydrogen-bond donors (Lipinski definition) is 0. The Balaban J connectivity index is 2.69. The second kappa shape index (κ2) is 3.77. The van der Waals surface area contributed by atoms with E-state index in [9.17, 15) is 13.6 Å². The quantitative estimate of drug-likeness (QED) is 0.693. The van der Waals surface area contributed by atoms with Gasteiger partial charge in [-0.1, -0.05) is 32.9 Å². The largest absolute Gasteiger partial charge is 0.306 e. The molecule has 0 aliphatic carbocycles. The molecule has 0 aromatic heterocycles. The molecule has 0 atom stereocenters. The van der Waals surface area contributed by atoms with Gasteiger partial charge in [0.05, 0.1) is 17.8 Å². The molecule has 0 unspecified atom stereocenters. The summed E-state index contributed by atoms with van der Waals surface area (Å²) in [5.74, 6) is -3.32. The molecule has 0 saturated carbocycles. The molecule has 1 aliphatic rings. The average Bonchev–Trinajstić information content (AvgIpc) is 2.50. The molecule has 1 aliphatic heterocycles. The molecule has 1 aromatic carbocycles. The first-order chi connectivity index (χ1) is 8.14. The summed E-state index contributed by atoms with van der Waals surface area (Å²) in [6.45, 7) is 6.46. The van der Waals surface area contributed by atoms with Crippen molar-refractivity contribution in [2.24, 2.45) is 0 Å². The van der Waals surface area contributed by atoms with E-state index in [0.29, 0.717) is 11.3 Å². The van der Waals surface area contributed by atoms with Crippen molar-refractivity contribution >= 4 is 11.6 Å². The molecule has 98 valence electrons. The Bertz CT molecular complexity index is 503. The van der Waals surface area contributed by atoms with Crippen LogP contribution in [0.1, 0.15) is 38.8 Å². The second-order valence-electron chi connectivity index (χ2n) is 5.76. The Labute approximate surface area is 106 Å². The fourth-order valence-corrected chi connectivity index (χ4v) is 2.42. The first-order valence-corrected chi connectivity index (χ1v) is 5.94. The van der Waals surface area contributed by atoms with Gasteiger partial charge in [-0.25, -0.2) is 0 Å². The highest BCUT2D eigenvalue weighted by atomic mass is 19.3. The second-order valence-corrected chi connectivity index (χ2v) is 5.76. The maximum Gasteiger partial charge on any atom is 0.293 e. The minimum atomic E-state index is -2.97. The van der Waals surface area contributed by atoms with Gasteiger partial charge in [0.15, 0.2) is 0 Å². The van der Waals surface area contributed by atoms with E-state index >= 15 is 0 Å². The van der Waals surface area contributed by atoms with Crippen LogP contribution in [-0.4, -0.2) is 12.5 Å². The van der Waals surface area contributed by atoms with E-state index in [1.165, 1.54) is 6.92 Å². The number of carbonyl (C=O) groups is 1. The highest BCUT2D eigenvalue weighted by molar-refractivity contribution is 5.94. The molecule has 0 spiro atoms. The third-order valence-electron chi connectivity index (χ3n) is 3.24. The Kier molecular flexibility index (Phi) is 2.72. The molecule has 1 heterocycles. The van der Waals surface area contributed by atoms with E-state index in [0.717, 1.165) is 4.90 Å². The van der Waals surface area contributed by atoms with Crippen molar-refractivity contribution in [3.8, 4) is 0 Å². The van der Waals surface area contributed by atoms with Gasteiger partial charge in [0.25, 0.3) is 5.92 Å². The molecule has 4 heteroatoms. The summed E-state index contributed by atoms with van der Waals surface area (Å²) >= 11 is 0. The molecule has 2 nitrogen and oxygen atoms in total. The molecule has 2 rings (SSSR count). The maximum atomic E-state index is 14.1. The van der Waals surface area contributed by atoms with Gasteiger partial charge in [0.1, 0.15) is 0 Å². The van der Waals surface area contributed by atoms with Crippen LogP contribution >= 0.6 is 0 Å². The van der Waals surface area contributed by atoms with Crippen LogP contribution in [0.25, 0.3) is 0 Å². The van der Waals surface area contributed by atoms with Crippen molar-refractivity contribution in [1.82, 2.24) is 0 Å². The summed E-state index contributed by atoms with van der Waals surface area (Å²) in [6, 6.07) is 5.04. The van der Waals surface area contributed by atoms with E-state index in [2.05, 4.69) is 0 Å². The number of rotatable bonds is 0. The van der Waals surface area contributed by atoms with E-state index in [4.69, 9.17) is 0 Å². The van der Waals surface area contributed by atoms with Gasteiger partial charge in [-0.2, -0.15) is 8.78 Å². The number of alkyl halides is 2. The van der Waals surface area contributed by atoms with Gasteiger partial charge in [-0.3, -0.25) is 4.79 Å². The molecule has 1 aromatic rings. The zero-order valence-electron chi connectivity index (χ0n) is 11.1. The summed E-state index contributed by atoms with van der Waals surface area (Å²) in [4.78, 5) is 12.6. The average molecular weight is 253 g/mol. The van der Waals surface area contributed by atoms with Crippen molar-refractivity contribution in [2.45, 2.75) is 39.0 Å². The molecule has 0 bridgehead atoms. The third-order valence-corrected chi connectivity index (χ3v) is 3.24. The van der Waals surface area contributed by atoms with Gasteiger partial charge >= 0.3 is 0 Å². The molecule has 0 fully saturated rings. The lowest BCUT2D eigenvalue weighted by Crippen LogP contribution is -2.31. The summed E-state index contributed by atoms with van der Waals surface area (Å²) in [7, 11) is 0. The number of nitrogens with zero attached hydrogens (tertiary/aromatic N) is 1. The molecule has 18 heavy (non-hydrogen) atoms. The highest BCUT2D eigenvalue weighted by Crippen LogP contribution is 2.47. The molecule has 0 radical (unpaired) electrons. The summed E-state index contributed by atoms with van der Waals surface area (Å²) < 4.78 is 28.3. The van der Waals surface area contributed by atoms with Crippen LogP contribution in [-0.2, 0) is 16.1 Å². The first-order valence-electron chi connectivity index (χ1n) is 5.94. The van der Waals surface area contributed by atoms with Crippen LogP contribution in [0, 0.1) is 0 Å². The predicted octanol–water partition coefficient (Wildman–Crippen LogP) is 3.44. The van der Waals surface area contributed by atoms with Crippen molar-refractivity contribution in [2.75, 3.05) is 11.4 Å². The number of amides is 1. The van der Waals surface area contributed by atoms with E-state index in [1.54, 1.807) is 18.2 Å². The number of carbonyl (C=O) groups excluding carboxylic acids is 1. The zero-order valence-corrected chi connectivity index (χ0v) is 11.1. The van der Waals surface area contributed by atoms with Gasteiger partial charge in [0, 0.05) is 6.92 Å². The SMILES string of the molecule is CC(=O)N1CC(F)(F)c2c1cccc2C(C)(C)C. The normalized spacial score (nSPS) is 17.8. The van der Waals surface area contributed by atoms with Crippen LogP contribution in [0.2, 0.25) is 0 Å². The fraction of sp³-hybridized carbons (Fsp3) is 0.500. The molecule has 0 N–H and O–H groups in total. The summed E-state index contributed by atoms with van der Waals surface area (Å²) in [5.41, 5.74) is 0.586. The van der Waals surface area contributed by atoms with E-state index in [-0.39, 0.29) is 16.9 Å². The van der Waals surface area contributed by atoms with Crippen LogP contribution in [0.4, 0.5) is 14.5 Å². The molecule has 1 amide bonds. The number of fused-ring (bicyclic) bond motifs is 1. The van der Waals surface area contributed by atoms with Gasteiger partial charge in [-0.05, 0) is 17.0 Å². The first kappa shape index (κ1) is 13.0. The molecular weight excluding hydrogens is 236 g/mol. The van der Waals surface area contributed by atoms with E-state index in [1.807, 2.05) is 20.8 Å². The Morgan fingerprint density at radius 3 is 2.44 bits per heavy atom. The Hall–Kier alpha value is -1.45. The lowest BCUT2D eigenvalue weighted by atomic mass is 9.82. The van der Waals surface area contributed by atoms with Gasteiger partial charge < -0.3 is 4.90 Å². The number of benzene rings is 1. The van der Waals surface area contributed by atoms with Crippen LogP contribution in [0.3, 0.4) is 0 Å². The van der Waals surface area contributed by atoms with Crippen LogP contribution in [0.15, 0.2) is 18.2 Å². The zero-order chi connectivity index (χ0) is 13.7. The summed E-state index contributed by atoms with van der Waals surface area (Å²) in [6.07, 6.45) is 0. The fourth-order valence-electron chi connectivity index (χ4n) is 2.42. The number of hydrogen-bond acceptors (Lipinski definition) is 1. The van der Waals surface area contributed by atoms with Gasteiger partial charge in [0.2, 0.25) is 5.91 Å². The van der Waals surface area contributed by atoms with Crippen molar-refractivity contribution in [3.05, 3.63) is 29.3 Å². The van der Waals surface area contributed by atoms with Gasteiger partial charge in [-0.15, -0.1) is 0 Å². The molecule has 0 saturated heterocycles. The lowest BCUT2D eigenvalue weighted by Gasteiger charge is -2.24. The van der Waals surface area contributed by atoms with Crippen LogP contribution in [0.5, 0.6) is 0 Å². The van der Waals surface area contributed by atoms with Crippen molar-refractivity contribution in [1.29, 1.82) is 0 Å². The highest BCUT2D eigenvalue weighted by Gasteiger charge is 2.47. The minimum absolute atomic E-state index is 0.00713. The number of halogens is 2. The molecular formula is C14H17F2NO. The number of anilines is 1. The van der Waals surface area contributed by atoms with E-state index < -0.39 is 12.5 Å². The Morgan fingerprint density at radius 1 is 1.33 bits per heavy atom. The maximum absolute atomic E-state index is 14.1. The topological polar surface area (TPSA) is 20.3 Å². The standard InChI is InChI=1S/C14H17F2NO/c1-9(18)17-8-14(15,16)12-10(13(2,3)4)6-5-7-11(12)17/h5-7H,8H2,1-4H3. The van der Waals surface area contributed by atoms with Crippen LogP contribution < -0.4 is 4.90 Å². The smallest absolute Gasteiger partial charge is 0.293 e. The third kappa shape index (κ3) is 1.89. The summed E-state index contributed by atoms with van der Waals surface area (Å²) in [5, 5.41) is 0. The minimum Gasteiger partial charge on any atom is -0.306 e. The lowest BCUT2D eigenvalue weighted by molar-refractivity contribution is -0.117. The predicted molar refractivity (Wildman–Crippen MR) is 67.1 cm³/mol. The van der Waals surface area contributed by atoms with Crippen molar-refractivity contribution < 1.29 is 13.6 Å². The van der Waals surface area contributed by atoms with Crippen molar-refractivity contribution in [3.63, 3.8) is 0 Å². The Morgan fingerprint density at radius 2 is 1.94 bits per heavy atom. The monoisotopic (exact) mass is 253 g/mol.